The van der Waals surface area contributed by atoms with Crippen LogP contribution in [0.4, 0.5) is 4.39 Å². The minimum Gasteiger partial charge on any atom is -0.459 e. The third kappa shape index (κ3) is 3.14. The molecule has 0 aliphatic carbocycles. The molecule has 0 aliphatic rings. The van der Waals surface area contributed by atoms with Crippen LogP contribution in [-0.4, -0.2) is 19.8 Å². The number of benzene rings is 1. The monoisotopic (exact) mass is 265 g/mol. The normalized spacial score (nSPS) is 13.9. The fourth-order valence-corrected chi connectivity index (χ4v) is 2.13. The predicted octanol–water partition coefficient (Wildman–Crippen LogP) is 3.65. The topological polar surface area (TPSA) is 34.4 Å². The van der Waals surface area contributed by atoms with Crippen molar-refractivity contribution in [2.45, 2.75) is 31.9 Å². The lowest BCUT2D eigenvalue weighted by Crippen LogP contribution is -2.30. The molecule has 0 aliphatic heterocycles. The number of nitrogens with one attached hydrogen (secondary N) is 1. The minimum atomic E-state index is -0.252. The van der Waals surface area contributed by atoms with Gasteiger partial charge in [0, 0.05) is 12.5 Å². The summed E-state index contributed by atoms with van der Waals surface area (Å²) in [7, 11) is 3.57. The maximum absolute atomic E-state index is 13.2. The van der Waals surface area contributed by atoms with E-state index >= 15 is 0 Å². The van der Waals surface area contributed by atoms with E-state index in [0.717, 1.165) is 17.6 Å². The van der Waals surface area contributed by atoms with Gasteiger partial charge in [-0.2, -0.15) is 0 Å². The first-order chi connectivity index (χ1) is 8.95. The summed E-state index contributed by atoms with van der Waals surface area (Å²) < 4.78 is 24.4. The largest absolute Gasteiger partial charge is 0.459 e. The molecule has 0 spiro atoms. The summed E-state index contributed by atoms with van der Waals surface area (Å²) in [4.78, 5) is 0. The van der Waals surface area contributed by atoms with Crippen molar-refractivity contribution < 1.29 is 13.5 Å². The lowest BCUT2D eigenvalue weighted by Gasteiger charge is -2.27. The summed E-state index contributed by atoms with van der Waals surface area (Å²) in [5.74, 6) is 0.548. The average Bonchev–Trinajstić information content (AvgIpc) is 2.78. The van der Waals surface area contributed by atoms with E-state index in [1.807, 2.05) is 27.0 Å². The quantitative estimate of drug-likeness (QED) is 0.896. The van der Waals surface area contributed by atoms with Crippen LogP contribution in [0.2, 0.25) is 0 Å². The highest BCUT2D eigenvalue weighted by atomic mass is 19.1. The summed E-state index contributed by atoms with van der Waals surface area (Å²) in [6.45, 7) is 4.05. The summed E-state index contributed by atoms with van der Waals surface area (Å²) in [6.07, 6.45) is 0.766. The summed E-state index contributed by atoms with van der Waals surface area (Å²) in [6, 6.07) is 6.46. The van der Waals surface area contributed by atoms with Crippen molar-refractivity contribution in [3.05, 3.63) is 35.8 Å². The van der Waals surface area contributed by atoms with Gasteiger partial charge in [0.05, 0.1) is 11.6 Å². The molecule has 4 heteroatoms. The molecular weight excluding hydrogens is 245 g/mol. The van der Waals surface area contributed by atoms with Crippen molar-refractivity contribution in [3.63, 3.8) is 0 Å². The van der Waals surface area contributed by atoms with Crippen molar-refractivity contribution >= 4 is 11.0 Å². The van der Waals surface area contributed by atoms with Gasteiger partial charge < -0.3 is 14.5 Å². The second kappa shape index (κ2) is 5.31. The Balaban J connectivity index is 2.30. The van der Waals surface area contributed by atoms with Crippen LogP contribution in [0.25, 0.3) is 11.0 Å². The van der Waals surface area contributed by atoms with Crippen molar-refractivity contribution in [2.24, 2.45) is 0 Å². The van der Waals surface area contributed by atoms with Crippen LogP contribution in [0.15, 0.2) is 28.7 Å². The first-order valence-electron chi connectivity index (χ1n) is 6.36. The van der Waals surface area contributed by atoms with E-state index in [1.54, 1.807) is 13.2 Å². The first kappa shape index (κ1) is 14.0. The zero-order valence-electron chi connectivity index (χ0n) is 11.8. The number of rotatable bonds is 5. The summed E-state index contributed by atoms with van der Waals surface area (Å²) in [5.41, 5.74) is 0.449. The van der Waals surface area contributed by atoms with Gasteiger partial charge in [0.1, 0.15) is 17.2 Å². The van der Waals surface area contributed by atoms with Gasteiger partial charge in [0.2, 0.25) is 0 Å². The van der Waals surface area contributed by atoms with Crippen LogP contribution >= 0.6 is 0 Å². The number of furan rings is 1. The van der Waals surface area contributed by atoms with Crippen molar-refractivity contribution in [3.8, 4) is 0 Å². The maximum atomic E-state index is 13.2. The molecular formula is C15H20FNO2. The molecule has 0 amide bonds. The molecule has 104 valence electrons. The van der Waals surface area contributed by atoms with Gasteiger partial charge in [-0.05, 0) is 51.6 Å². The molecule has 0 saturated carbocycles. The van der Waals surface area contributed by atoms with Crippen LogP contribution in [0.1, 0.15) is 32.1 Å². The van der Waals surface area contributed by atoms with E-state index in [2.05, 4.69) is 5.32 Å². The molecule has 2 aromatic rings. The molecule has 1 atom stereocenters. The second-order valence-corrected chi connectivity index (χ2v) is 5.34. The summed E-state index contributed by atoms with van der Waals surface area (Å²) in [5, 5.41) is 4.00. The van der Waals surface area contributed by atoms with E-state index in [0.29, 0.717) is 5.58 Å². The molecule has 0 bridgehead atoms. The highest BCUT2D eigenvalue weighted by Gasteiger charge is 2.25. The van der Waals surface area contributed by atoms with Crippen molar-refractivity contribution in [1.82, 2.24) is 5.32 Å². The van der Waals surface area contributed by atoms with Gasteiger partial charge in [-0.25, -0.2) is 4.39 Å². The molecule has 19 heavy (non-hydrogen) atoms. The van der Waals surface area contributed by atoms with E-state index in [-0.39, 0.29) is 17.5 Å². The minimum absolute atomic E-state index is 0.0328. The standard InChI is InChI=1S/C15H20FNO2/c1-15(2,18-4)9-12(17-3)14-8-10-7-11(16)5-6-13(10)19-14/h5-8,12,17H,9H2,1-4H3. The fourth-order valence-electron chi connectivity index (χ4n) is 2.13. The Bertz CT molecular complexity index is 562. The zero-order chi connectivity index (χ0) is 14.0. The lowest BCUT2D eigenvalue weighted by atomic mass is 9.97. The molecule has 0 radical (unpaired) electrons. The van der Waals surface area contributed by atoms with Crippen LogP contribution < -0.4 is 5.32 Å². The van der Waals surface area contributed by atoms with Crippen molar-refractivity contribution in [1.29, 1.82) is 0 Å². The molecule has 1 N–H and O–H groups in total. The fraction of sp³-hybridized carbons (Fsp3) is 0.467. The van der Waals surface area contributed by atoms with Crippen LogP contribution in [0, 0.1) is 5.82 Å². The Labute approximate surface area is 112 Å². The van der Waals surface area contributed by atoms with E-state index in [4.69, 9.17) is 9.15 Å². The molecule has 0 fully saturated rings. The highest BCUT2D eigenvalue weighted by molar-refractivity contribution is 5.78. The molecule has 1 aromatic carbocycles. The van der Waals surface area contributed by atoms with Crippen LogP contribution in [0.5, 0.6) is 0 Å². The van der Waals surface area contributed by atoms with E-state index in [1.165, 1.54) is 12.1 Å². The van der Waals surface area contributed by atoms with E-state index < -0.39 is 0 Å². The molecule has 1 aromatic heterocycles. The number of ether oxygens (including phenoxy) is 1. The third-order valence-corrected chi connectivity index (χ3v) is 3.44. The van der Waals surface area contributed by atoms with Gasteiger partial charge in [0.15, 0.2) is 0 Å². The third-order valence-electron chi connectivity index (χ3n) is 3.44. The number of hydrogen-bond acceptors (Lipinski definition) is 3. The maximum Gasteiger partial charge on any atom is 0.134 e. The Morgan fingerprint density at radius 2 is 2.11 bits per heavy atom. The van der Waals surface area contributed by atoms with Gasteiger partial charge in [-0.1, -0.05) is 0 Å². The van der Waals surface area contributed by atoms with Gasteiger partial charge in [0.25, 0.3) is 0 Å². The SMILES string of the molecule is CNC(CC(C)(C)OC)c1cc2cc(F)ccc2o1. The van der Waals surface area contributed by atoms with Gasteiger partial charge in [-0.3, -0.25) is 0 Å². The number of hydrogen-bond donors (Lipinski definition) is 1. The average molecular weight is 265 g/mol. The molecule has 3 nitrogen and oxygen atoms in total. The van der Waals surface area contributed by atoms with Crippen LogP contribution in [0.3, 0.4) is 0 Å². The Hall–Kier alpha value is -1.39. The second-order valence-electron chi connectivity index (χ2n) is 5.34. The van der Waals surface area contributed by atoms with Crippen LogP contribution in [-0.2, 0) is 4.74 Å². The number of fused-ring (bicyclic) bond motifs is 1. The van der Waals surface area contributed by atoms with E-state index in [9.17, 15) is 4.39 Å². The number of halogens is 1. The van der Waals surface area contributed by atoms with Crippen molar-refractivity contribution in [2.75, 3.05) is 14.2 Å². The van der Waals surface area contributed by atoms with Gasteiger partial charge in [-0.15, -0.1) is 0 Å². The molecule has 1 heterocycles. The Morgan fingerprint density at radius 3 is 2.74 bits per heavy atom. The zero-order valence-corrected chi connectivity index (χ0v) is 11.8. The van der Waals surface area contributed by atoms with Gasteiger partial charge >= 0.3 is 0 Å². The molecule has 1 unspecified atom stereocenters. The Kier molecular flexibility index (Phi) is 3.92. The molecule has 2 rings (SSSR count). The lowest BCUT2D eigenvalue weighted by molar-refractivity contribution is 0.00581. The molecule has 0 saturated heterocycles. The highest BCUT2D eigenvalue weighted by Crippen LogP contribution is 2.30. The first-order valence-corrected chi connectivity index (χ1v) is 6.36. The smallest absolute Gasteiger partial charge is 0.134 e. The summed E-state index contributed by atoms with van der Waals surface area (Å²) >= 11 is 0. The Morgan fingerprint density at radius 1 is 1.37 bits per heavy atom. The number of methoxy groups -OCH3 is 1. The predicted molar refractivity (Wildman–Crippen MR) is 73.7 cm³/mol.